The molecule has 0 spiro atoms. The van der Waals surface area contributed by atoms with Crippen molar-refractivity contribution in [2.24, 2.45) is 0 Å². The van der Waals surface area contributed by atoms with Crippen LogP contribution in [0.1, 0.15) is 6.42 Å². The first-order chi connectivity index (χ1) is 5.55. The molecule has 1 saturated heterocycles. The first-order valence-corrected chi connectivity index (χ1v) is 5.19. The quantitative estimate of drug-likeness (QED) is 0.762. The summed E-state index contributed by atoms with van der Waals surface area (Å²) >= 11 is 22.9. The number of alkyl halides is 4. The second-order valence-corrected chi connectivity index (χ2v) is 5.07. The average molecular weight is 253 g/mol. The molecular weight excluding hydrogens is 244 g/mol. The third-order valence-electron chi connectivity index (χ3n) is 1.58. The topological polar surface area (TPSA) is 21.3 Å². The lowest BCUT2D eigenvalue weighted by atomic mass is 10.3. The fourth-order valence-electron chi connectivity index (χ4n) is 0.927. The molecule has 0 aromatic carbocycles. The SMILES string of the molecule is ClC(Cl)C(Cl)(Cl)C1NCCCO1. The molecule has 0 aliphatic carbocycles. The van der Waals surface area contributed by atoms with E-state index in [0.717, 1.165) is 13.0 Å². The molecule has 1 aliphatic heterocycles. The van der Waals surface area contributed by atoms with Crippen LogP contribution in [0.3, 0.4) is 0 Å². The number of ether oxygens (including phenoxy) is 1. The molecule has 2 nitrogen and oxygen atoms in total. The van der Waals surface area contributed by atoms with Gasteiger partial charge in [-0.25, -0.2) is 0 Å². The summed E-state index contributed by atoms with van der Waals surface area (Å²) in [4.78, 5) is -0.878. The minimum atomic E-state index is -1.29. The van der Waals surface area contributed by atoms with E-state index in [0.29, 0.717) is 6.61 Å². The van der Waals surface area contributed by atoms with E-state index >= 15 is 0 Å². The number of nitrogens with one attached hydrogen (secondary N) is 1. The van der Waals surface area contributed by atoms with E-state index in [9.17, 15) is 0 Å². The van der Waals surface area contributed by atoms with Crippen molar-refractivity contribution in [3.05, 3.63) is 0 Å². The van der Waals surface area contributed by atoms with Crippen LogP contribution in [0.15, 0.2) is 0 Å². The zero-order valence-corrected chi connectivity index (χ0v) is 9.22. The van der Waals surface area contributed by atoms with Crippen molar-refractivity contribution in [3.63, 3.8) is 0 Å². The zero-order chi connectivity index (χ0) is 9.19. The highest BCUT2D eigenvalue weighted by molar-refractivity contribution is 6.60. The molecule has 0 amide bonds. The highest BCUT2D eigenvalue weighted by Crippen LogP contribution is 2.36. The molecule has 0 aromatic heterocycles. The van der Waals surface area contributed by atoms with Gasteiger partial charge in [0, 0.05) is 0 Å². The lowest BCUT2D eigenvalue weighted by Crippen LogP contribution is -2.52. The predicted octanol–water partition coefficient (Wildman–Crippen LogP) is 2.30. The summed E-state index contributed by atoms with van der Waals surface area (Å²) in [6.07, 6.45) is 0.449. The lowest BCUT2D eigenvalue weighted by Gasteiger charge is -2.34. The Morgan fingerprint density at radius 1 is 1.42 bits per heavy atom. The van der Waals surface area contributed by atoms with Crippen molar-refractivity contribution in [2.75, 3.05) is 13.2 Å². The first kappa shape index (κ1) is 11.2. The molecule has 1 N–H and O–H groups in total. The van der Waals surface area contributed by atoms with Crippen LogP contribution in [0, 0.1) is 0 Å². The Kier molecular flexibility index (Phi) is 4.22. The molecule has 0 radical (unpaired) electrons. The zero-order valence-electron chi connectivity index (χ0n) is 6.20. The van der Waals surface area contributed by atoms with Gasteiger partial charge in [0.05, 0.1) is 6.61 Å². The van der Waals surface area contributed by atoms with E-state index in [2.05, 4.69) is 5.32 Å². The minimum absolute atomic E-state index is 0.491. The van der Waals surface area contributed by atoms with Crippen LogP contribution >= 0.6 is 46.4 Å². The smallest absolute Gasteiger partial charge is 0.187 e. The van der Waals surface area contributed by atoms with Gasteiger partial charge in [0.2, 0.25) is 0 Å². The van der Waals surface area contributed by atoms with Crippen LogP contribution in [-0.2, 0) is 4.74 Å². The number of halogens is 4. The van der Waals surface area contributed by atoms with E-state index in [1.807, 2.05) is 0 Å². The third-order valence-corrected chi connectivity index (χ3v) is 3.54. The largest absolute Gasteiger partial charge is 0.360 e. The molecule has 72 valence electrons. The molecule has 6 heteroatoms. The fraction of sp³-hybridized carbons (Fsp3) is 1.00. The van der Waals surface area contributed by atoms with Gasteiger partial charge in [0.15, 0.2) is 4.33 Å². The van der Waals surface area contributed by atoms with Crippen LogP contribution in [0.25, 0.3) is 0 Å². The van der Waals surface area contributed by atoms with E-state index in [4.69, 9.17) is 51.1 Å². The van der Waals surface area contributed by atoms with Gasteiger partial charge < -0.3 is 4.74 Å². The standard InChI is InChI=1S/C6H9Cl4NO/c7-4(8)6(9,10)5-11-2-1-3-12-5/h4-5,11H,1-3H2. The maximum atomic E-state index is 5.86. The van der Waals surface area contributed by atoms with Gasteiger partial charge >= 0.3 is 0 Å². The molecule has 1 unspecified atom stereocenters. The van der Waals surface area contributed by atoms with Gasteiger partial charge in [-0.3, -0.25) is 5.32 Å². The Labute approximate surface area is 91.4 Å². The summed E-state index contributed by atoms with van der Waals surface area (Å²) in [6, 6.07) is 0. The second kappa shape index (κ2) is 4.54. The van der Waals surface area contributed by atoms with Crippen LogP contribution in [0.5, 0.6) is 0 Å². The maximum absolute atomic E-state index is 5.86. The van der Waals surface area contributed by atoms with Crippen molar-refractivity contribution in [3.8, 4) is 0 Å². The summed E-state index contributed by atoms with van der Waals surface area (Å²) < 4.78 is 3.97. The Hall–Kier alpha value is 1.08. The van der Waals surface area contributed by atoms with Crippen molar-refractivity contribution in [2.45, 2.75) is 21.8 Å². The Balaban J connectivity index is 2.53. The molecule has 1 aliphatic rings. The molecule has 0 bridgehead atoms. The van der Waals surface area contributed by atoms with Gasteiger partial charge in [-0.15, -0.1) is 23.2 Å². The summed E-state index contributed by atoms with van der Waals surface area (Å²) in [5.41, 5.74) is 0. The van der Waals surface area contributed by atoms with Crippen molar-refractivity contribution >= 4 is 46.4 Å². The monoisotopic (exact) mass is 251 g/mol. The lowest BCUT2D eigenvalue weighted by molar-refractivity contribution is -0.00670. The molecule has 12 heavy (non-hydrogen) atoms. The van der Waals surface area contributed by atoms with Gasteiger partial charge in [-0.05, 0) is 13.0 Å². The second-order valence-electron chi connectivity index (χ2n) is 2.53. The highest BCUT2D eigenvalue weighted by Gasteiger charge is 2.42. The van der Waals surface area contributed by atoms with Crippen molar-refractivity contribution in [1.82, 2.24) is 5.32 Å². The number of rotatable bonds is 2. The van der Waals surface area contributed by atoms with Crippen LogP contribution < -0.4 is 5.32 Å². The number of hydrogen-bond acceptors (Lipinski definition) is 2. The summed E-state index contributed by atoms with van der Waals surface area (Å²) in [5.74, 6) is 0. The predicted molar refractivity (Wildman–Crippen MR) is 52.3 cm³/mol. The van der Waals surface area contributed by atoms with E-state index in [1.165, 1.54) is 0 Å². The normalized spacial score (nSPS) is 26.2. The Bertz CT molecular complexity index is 146. The summed E-state index contributed by atoms with van der Waals surface area (Å²) in [5, 5.41) is 2.99. The van der Waals surface area contributed by atoms with Gasteiger partial charge in [0.1, 0.15) is 11.1 Å². The molecule has 1 atom stereocenters. The molecular formula is C6H9Cl4NO. The minimum Gasteiger partial charge on any atom is -0.360 e. The van der Waals surface area contributed by atoms with E-state index in [1.54, 1.807) is 0 Å². The van der Waals surface area contributed by atoms with Crippen molar-refractivity contribution in [1.29, 1.82) is 0 Å². The fourth-order valence-corrected chi connectivity index (χ4v) is 1.44. The highest BCUT2D eigenvalue weighted by atomic mass is 35.5. The molecule has 0 aromatic rings. The van der Waals surface area contributed by atoms with Gasteiger partial charge in [-0.2, -0.15) is 0 Å². The van der Waals surface area contributed by atoms with E-state index in [-0.39, 0.29) is 0 Å². The van der Waals surface area contributed by atoms with Gasteiger partial charge in [0.25, 0.3) is 0 Å². The molecule has 1 rings (SSSR count). The van der Waals surface area contributed by atoms with E-state index < -0.39 is 15.4 Å². The first-order valence-electron chi connectivity index (χ1n) is 3.56. The summed E-state index contributed by atoms with van der Waals surface area (Å²) in [7, 11) is 0. The summed E-state index contributed by atoms with van der Waals surface area (Å²) in [6.45, 7) is 1.44. The average Bonchev–Trinajstić information content (AvgIpc) is 2.06. The van der Waals surface area contributed by atoms with Crippen LogP contribution in [0.2, 0.25) is 0 Å². The van der Waals surface area contributed by atoms with Crippen LogP contribution in [-0.4, -0.2) is 28.5 Å². The van der Waals surface area contributed by atoms with Crippen LogP contribution in [0.4, 0.5) is 0 Å². The maximum Gasteiger partial charge on any atom is 0.187 e. The van der Waals surface area contributed by atoms with Gasteiger partial charge in [-0.1, -0.05) is 23.2 Å². The Morgan fingerprint density at radius 3 is 2.50 bits per heavy atom. The Morgan fingerprint density at radius 2 is 2.08 bits per heavy atom. The number of hydrogen-bond donors (Lipinski definition) is 1. The third kappa shape index (κ3) is 2.53. The van der Waals surface area contributed by atoms with Crippen molar-refractivity contribution < 1.29 is 4.74 Å². The molecule has 1 fully saturated rings. The molecule has 1 heterocycles. The molecule has 0 saturated carbocycles.